The van der Waals surface area contributed by atoms with Crippen molar-refractivity contribution in [3.63, 3.8) is 0 Å². The van der Waals surface area contributed by atoms with Crippen LogP contribution >= 0.6 is 11.6 Å². The molecule has 1 unspecified atom stereocenters. The van der Waals surface area contributed by atoms with Gasteiger partial charge in [-0.25, -0.2) is 0 Å². The van der Waals surface area contributed by atoms with Crippen molar-refractivity contribution >= 4 is 11.6 Å². The van der Waals surface area contributed by atoms with Crippen LogP contribution in [0.2, 0.25) is 5.02 Å². The molecule has 0 aliphatic carbocycles. The van der Waals surface area contributed by atoms with Crippen molar-refractivity contribution in [2.45, 2.75) is 25.9 Å². The van der Waals surface area contributed by atoms with Gasteiger partial charge in [-0.3, -0.25) is 0 Å². The van der Waals surface area contributed by atoms with Crippen molar-refractivity contribution < 1.29 is 4.74 Å². The van der Waals surface area contributed by atoms with E-state index < -0.39 is 0 Å². The quantitative estimate of drug-likeness (QED) is 0.849. The fourth-order valence-corrected chi connectivity index (χ4v) is 2.97. The summed E-state index contributed by atoms with van der Waals surface area (Å²) in [7, 11) is 0. The van der Waals surface area contributed by atoms with E-state index in [2.05, 4.69) is 36.5 Å². The molecular weight excluding hydrogens is 282 g/mol. The summed E-state index contributed by atoms with van der Waals surface area (Å²) in [5, 5.41) is 4.28. The highest BCUT2D eigenvalue weighted by molar-refractivity contribution is 6.30. The first-order valence-corrected chi connectivity index (χ1v) is 7.80. The summed E-state index contributed by atoms with van der Waals surface area (Å²) in [6, 6.07) is 14.4. The van der Waals surface area contributed by atoms with Gasteiger partial charge in [0.2, 0.25) is 0 Å². The Bertz CT molecular complexity index is 626. The highest BCUT2D eigenvalue weighted by Crippen LogP contribution is 2.30. The van der Waals surface area contributed by atoms with Crippen molar-refractivity contribution in [1.29, 1.82) is 0 Å². The van der Waals surface area contributed by atoms with Gasteiger partial charge in [0.15, 0.2) is 0 Å². The molecule has 2 aromatic carbocycles. The van der Waals surface area contributed by atoms with Crippen LogP contribution in [-0.2, 0) is 12.8 Å². The van der Waals surface area contributed by atoms with Gasteiger partial charge in [0.1, 0.15) is 11.9 Å². The Hall–Kier alpha value is -1.51. The number of fused-ring (bicyclic) bond motifs is 1. The Morgan fingerprint density at radius 1 is 1.24 bits per heavy atom. The molecular formula is C18H20ClNO. The van der Waals surface area contributed by atoms with Crippen LogP contribution in [0.15, 0.2) is 42.5 Å². The Morgan fingerprint density at radius 2 is 2.10 bits per heavy atom. The lowest BCUT2D eigenvalue weighted by Crippen LogP contribution is -2.31. The summed E-state index contributed by atoms with van der Waals surface area (Å²) in [6.45, 7) is 4.01. The number of benzene rings is 2. The van der Waals surface area contributed by atoms with Crippen molar-refractivity contribution in [2.75, 3.05) is 13.1 Å². The number of aryl methyl sites for hydroxylation is 1. The number of nitrogens with one attached hydrogen (secondary N) is 1. The smallest absolute Gasteiger partial charge is 0.123 e. The molecule has 0 amide bonds. The molecule has 0 radical (unpaired) electrons. The molecule has 0 fully saturated rings. The molecule has 2 nitrogen and oxygen atoms in total. The molecule has 21 heavy (non-hydrogen) atoms. The maximum atomic E-state index is 6.01. The molecule has 0 aromatic heterocycles. The van der Waals surface area contributed by atoms with Gasteiger partial charge in [0, 0.05) is 18.0 Å². The van der Waals surface area contributed by atoms with Gasteiger partial charge in [-0.15, -0.1) is 0 Å². The summed E-state index contributed by atoms with van der Waals surface area (Å²) in [5.41, 5.74) is 3.99. The Labute approximate surface area is 131 Å². The van der Waals surface area contributed by atoms with E-state index in [-0.39, 0.29) is 6.10 Å². The van der Waals surface area contributed by atoms with Gasteiger partial charge in [-0.1, -0.05) is 35.9 Å². The third-order valence-corrected chi connectivity index (χ3v) is 4.20. The van der Waals surface area contributed by atoms with Crippen LogP contribution in [0.4, 0.5) is 0 Å². The first-order chi connectivity index (χ1) is 10.2. The first kappa shape index (κ1) is 14.4. The molecule has 2 aromatic rings. The van der Waals surface area contributed by atoms with Crippen molar-refractivity contribution in [1.82, 2.24) is 5.32 Å². The zero-order valence-electron chi connectivity index (χ0n) is 12.2. The predicted molar refractivity (Wildman–Crippen MR) is 87.3 cm³/mol. The molecule has 3 heteroatoms. The van der Waals surface area contributed by atoms with Crippen LogP contribution in [0.3, 0.4) is 0 Å². The van der Waals surface area contributed by atoms with E-state index in [1.54, 1.807) is 0 Å². The van der Waals surface area contributed by atoms with E-state index in [9.17, 15) is 0 Å². The highest BCUT2D eigenvalue weighted by Gasteiger charge is 2.22. The number of rotatable bonds is 5. The van der Waals surface area contributed by atoms with E-state index in [1.807, 2.05) is 18.2 Å². The SMILES string of the molecule is Cc1ccccc1CCNCC1Cc2cc(Cl)ccc2O1. The maximum Gasteiger partial charge on any atom is 0.123 e. The summed E-state index contributed by atoms with van der Waals surface area (Å²) in [4.78, 5) is 0. The zero-order chi connectivity index (χ0) is 14.7. The third kappa shape index (κ3) is 3.58. The number of hydrogen-bond donors (Lipinski definition) is 1. The average molecular weight is 302 g/mol. The van der Waals surface area contributed by atoms with E-state index >= 15 is 0 Å². The maximum absolute atomic E-state index is 6.01. The molecule has 3 rings (SSSR count). The molecule has 1 heterocycles. The summed E-state index contributed by atoms with van der Waals surface area (Å²) in [5.74, 6) is 0.977. The molecule has 0 saturated carbocycles. The lowest BCUT2D eigenvalue weighted by atomic mass is 10.1. The Balaban J connectivity index is 1.44. The molecule has 0 spiro atoms. The lowest BCUT2D eigenvalue weighted by molar-refractivity contribution is 0.228. The minimum Gasteiger partial charge on any atom is -0.488 e. The molecule has 1 atom stereocenters. The van der Waals surface area contributed by atoms with E-state index in [0.717, 1.165) is 36.7 Å². The van der Waals surface area contributed by atoms with Gasteiger partial charge >= 0.3 is 0 Å². The Kier molecular flexibility index (Phi) is 4.47. The average Bonchev–Trinajstić information content (AvgIpc) is 2.87. The van der Waals surface area contributed by atoms with Crippen LogP contribution in [0, 0.1) is 6.92 Å². The van der Waals surface area contributed by atoms with Gasteiger partial charge in [0.05, 0.1) is 0 Å². The topological polar surface area (TPSA) is 21.3 Å². The van der Waals surface area contributed by atoms with Crippen molar-refractivity contribution in [2.24, 2.45) is 0 Å². The number of hydrogen-bond acceptors (Lipinski definition) is 2. The molecule has 0 bridgehead atoms. The molecule has 110 valence electrons. The second-order valence-electron chi connectivity index (χ2n) is 5.58. The normalized spacial score (nSPS) is 16.6. The summed E-state index contributed by atoms with van der Waals surface area (Å²) < 4.78 is 5.92. The van der Waals surface area contributed by atoms with Gasteiger partial charge < -0.3 is 10.1 Å². The number of halogens is 1. The van der Waals surface area contributed by atoms with Crippen LogP contribution in [0.1, 0.15) is 16.7 Å². The minimum atomic E-state index is 0.218. The van der Waals surface area contributed by atoms with Gasteiger partial charge in [0.25, 0.3) is 0 Å². The molecule has 1 aliphatic heterocycles. The molecule has 1 N–H and O–H groups in total. The van der Waals surface area contributed by atoms with E-state index in [4.69, 9.17) is 16.3 Å². The van der Waals surface area contributed by atoms with Gasteiger partial charge in [-0.05, 0) is 54.8 Å². The largest absolute Gasteiger partial charge is 0.488 e. The monoisotopic (exact) mass is 301 g/mol. The first-order valence-electron chi connectivity index (χ1n) is 7.42. The predicted octanol–water partition coefficient (Wildman–Crippen LogP) is 3.78. The van der Waals surface area contributed by atoms with Crippen LogP contribution in [0.25, 0.3) is 0 Å². The van der Waals surface area contributed by atoms with E-state index in [1.165, 1.54) is 16.7 Å². The standard InChI is InChI=1S/C18H20ClNO/c1-13-4-2-3-5-14(13)8-9-20-12-17-11-15-10-16(19)6-7-18(15)21-17/h2-7,10,17,20H,8-9,11-12H2,1H3. The summed E-state index contributed by atoms with van der Waals surface area (Å²) in [6.07, 6.45) is 2.21. The second-order valence-corrected chi connectivity index (χ2v) is 6.01. The van der Waals surface area contributed by atoms with Crippen molar-refractivity contribution in [3.8, 4) is 5.75 Å². The Morgan fingerprint density at radius 3 is 2.95 bits per heavy atom. The van der Waals surface area contributed by atoms with Crippen LogP contribution in [0.5, 0.6) is 5.75 Å². The fourth-order valence-electron chi connectivity index (χ4n) is 2.78. The van der Waals surface area contributed by atoms with Crippen molar-refractivity contribution in [3.05, 3.63) is 64.2 Å². The zero-order valence-corrected chi connectivity index (χ0v) is 13.0. The molecule has 0 saturated heterocycles. The summed E-state index contributed by atoms with van der Waals surface area (Å²) >= 11 is 6.01. The number of ether oxygens (including phenoxy) is 1. The lowest BCUT2D eigenvalue weighted by Gasteiger charge is -2.12. The fraction of sp³-hybridized carbons (Fsp3) is 0.333. The highest BCUT2D eigenvalue weighted by atomic mass is 35.5. The van der Waals surface area contributed by atoms with Crippen LogP contribution in [-0.4, -0.2) is 19.2 Å². The minimum absolute atomic E-state index is 0.218. The van der Waals surface area contributed by atoms with Gasteiger partial charge in [-0.2, -0.15) is 0 Å². The van der Waals surface area contributed by atoms with Crippen LogP contribution < -0.4 is 10.1 Å². The molecule has 1 aliphatic rings. The second kappa shape index (κ2) is 6.50. The third-order valence-electron chi connectivity index (χ3n) is 3.97. The van der Waals surface area contributed by atoms with E-state index in [0.29, 0.717) is 0 Å².